The Hall–Kier alpha value is -4.16. The molecule has 4 amide bonds. The van der Waals surface area contributed by atoms with E-state index in [1.54, 1.807) is 9.58 Å². The molecule has 5 heterocycles. The molecule has 4 aliphatic heterocycles. The Balaban J connectivity index is 1.01. The van der Waals surface area contributed by atoms with Crippen molar-refractivity contribution in [3.8, 4) is 0 Å². The van der Waals surface area contributed by atoms with E-state index in [2.05, 4.69) is 45.5 Å². The van der Waals surface area contributed by atoms with Gasteiger partial charge in [0.05, 0.1) is 5.52 Å². The normalized spacial score (nSPS) is 21.0. The van der Waals surface area contributed by atoms with Crippen LogP contribution in [0, 0.1) is 6.92 Å². The van der Waals surface area contributed by atoms with Crippen LogP contribution in [0.1, 0.15) is 42.4 Å². The van der Waals surface area contributed by atoms with Crippen LogP contribution in [-0.2, 0) is 29.4 Å². The summed E-state index contributed by atoms with van der Waals surface area (Å²) in [5, 5.41) is 8.65. The molecule has 1 aromatic heterocycles. The lowest BCUT2D eigenvalue weighted by molar-refractivity contribution is -0.142. The van der Waals surface area contributed by atoms with Crippen LogP contribution in [0.25, 0.3) is 10.9 Å². The van der Waals surface area contributed by atoms with Crippen LogP contribution in [-0.4, -0.2) is 136 Å². The third-order valence-corrected chi connectivity index (χ3v) is 11.0. The Kier molecular flexibility index (Phi) is 9.77. The number of urea groups is 1. The van der Waals surface area contributed by atoms with Crippen molar-refractivity contribution < 1.29 is 19.1 Å². The van der Waals surface area contributed by atoms with Crippen molar-refractivity contribution in [2.45, 2.75) is 63.6 Å². The van der Waals surface area contributed by atoms with Gasteiger partial charge in [0.25, 0.3) is 5.91 Å². The number of nitrogens with zero attached hydrogens (tertiary/aromatic N) is 7. The maximum atomic E-state index is 14.2. The number of likely N-dealkylation sites (N-methyl/N-ethyl adjacent to an activating group) is 1. The summed E-state index contributed by atoms with van der Waals surface area (Å²) in [4.78, 5) is 51.5. The van der Waals surface area contributed by atoms with E-state index in [1.807, 2.05) is 48.2 Å². The molecule has 0 saturated carbocycles. The zero-order chi connectivity index (χ0) is 34.1. The second kappa shape index (κ2) is 14.4. The number of piperidine rings is 2. The lowest BCUT2D eigenvalue weighted by Gasteiger charge is -2.42. The van der Waals surface area contributed by atoms with Gasteiger partial charge in [0.2, 0.25) is 0 Å². The Labute approximate surface area is 288 Å². The van der Waals surface area contributed by atoms with Gasteiger partial charge in [-0.05, 0) is 74.9 Å². The van der Waals surface area contributed by atoms with Gasteiger partial charge in [-0.25, -0.2) is 9.59 Å². The number of fused-ring (bicyclic) bond motifs is 2. The maximum Gasteiger partial charge on any atom is 0.410 e. The van der Waals surface area contributed by atoms with Crippen molar-refractivity contribution in [3.05, 3.63) is 59.3 Å². The predicted molar refractivity (Wildman–Crippen MR) is 189 cm³/mol. The molecule has 3 saturated heterocycles. The first kappa shape index (κ1) is 33.3. The number of para-hydroxylation sites is 1. The van der Waals surface area contributed by atoms with E-state index in [0.29, 0.717) is 58.0 Å². The molecule has 4 aliphatic rings. The molecule has 1 atom stereocenters. The van der Waals surface area contributed by atoms with E-state index in [1.165, 1.54) is 0 Å². The third kappa shape index (κ3) is 7.40. The number of likely N-dealkylation sites (tertiary alicyclic amines) is 2. The first-order chi connectivity index (χ1) is 23.7. The van der Waals surface area contributed by atoms with Crippen LogP contribution in [0.5, 0.6) is 0 Å². The molecule has 12 heteroatoms. The summed E-state index contributed by atoms with van der Waals surface area (Å²) in [6, 6.07) is 12.5. The summed E-state index contributed by atoms with van der Waals surface area (Å²) in [5.41, 5.74) is 4.91. The summed E-state index contributed by atoms with van der Waals surface area (Å²) in [7, 11) is 4.07. The molecular formula is C37H50N8O4. The number of nitrogens with one attached hydrogen (secondary N) is 1. The zero-order valence-electron chi connectivity index (χ0n) is 29.1. The van der Waals surface area contributed by atoms with Gasteiger partial charge in [0.1, 0.15) is 0 Å². The van der Waals surface area contributed by atoms with Gasteiger partial charge in [0.15, 0.2) is 6.10 Å². The number of carbonyl (C=O) groups excluding carboxylic acids is 3. The lowest BCUT2D eigenvalue weighted by Crippen LogP contribution is -2.54. The number of amides is 4. The monoisotopic (exact) mass is 670 g/mol. The summed E-state index contributed by atoms with van der Waals surface area (Å²) in [6.07, 6.45) is 4.87. The number of carbonyl (C=O) groups is 3. The van der Waals surface area contributed by atoms with E-state index < -0.39 is 12.2 Å². The van der Waals surface area contributed by atoms with E-state index in [0.717, 1.165) is 78.7 Å². The summed E-state index contributed by atoms with van der Waals surface area (Å²) < 4.78 is 7.95. The Morgan fingerprint density at radius 1 is 0.898 bits per heavy atom. The number of piperazine rings is 1. The standard InChI is InChI=1S/C37H50N8O4/c1-26-22-27(23-29-25-41(3)39-34(26)29)24-33(35(46)43-13-9-30(10-14-43)42-20-18-40(2)19-21-42)49-37(48)44-15-11-31(12-16-44)45-17-8-28-6-4-5-7-32(28)38-36(45)47/h4-7,22-23,25,30-31,33H,8-21,24H2,1-3H3,(H,38,47). The highest BCUT2D eigenvalue weighted by Crippen LogP contribution is 2.27. The average molecular weight is 671 g/mol. The molecule has 49 heavy (non-hydrogen) atoms. The Morgan fingerprint density at radius 2 is 1.59 bits per heavy atom. The second-order valence-corrected chi connectivity index (χ2v) is 14.4. The molecule has 1 N–H and O–H groups in total. The van der Waals surface area contributed by atoms with Crippen LogP contribution in [0.4, 0.5) is 15.3 Å². The molecule has 1 unspecified atom stereocenters. The zero-order valence-corrected chi connectivity index (χ0v) is 29.1. The Bertz CT molecular complexity index is 1670. The molecule has 0 spiro atoms. The van der Waals surface area contributed by atoms with Crippen LogP contribution < -0.4 is 5.32 Å². The van der Waals surface area contributed by atoms with Crippen LogP contribution in [0.15, 0.2) is 42.6 Å². The third-order valence-electron chi connectivity index (χ3n) is 11.0. The van der Waals surface area contributed by atoms with E-state index in [4.69, 9.17) is 4.74 Å². The first-order valence-electron chi connectivity index (χ1n) is 18.0. The quantitative estimate of drug-likeness (QED) is 0.426. The molecule has 2 aromatic carbocycles. The van der Waals surface area contributed by atoms with Crippen LogP contribution >= 0.6 is 0 Å². The fraction of sp³-hybridized carbons (Fsp3) is 0.568. The molecule has 0 radical (unpaired) electrons. The van der Waals surface area contributed by atoms with Gasteiger partial charge in [-0.2, -0.15) is 5.10 Å². The van der Waals surface area contributed by atoms with E-state index in [-0.39, 0.29) is 18.0 Å². The molecule has 12 nitrogen and oxygen atoms in total. The molecule has 3 aromatic rings. The fourth-order valence-electron chi connectivity index (χ4n) is 8.15. The number of anilines is 1. The first-order valence-corrected chi connectivity index (χ1v) is 18.0. The maximum absolute atomic E-state index is 14.2. The van der Waals surface area contributed by atoms with Crippen molar-refractivity contribution >= 4 is 34.6 Å². The minimum Gasteiger partial charge on any atom is -0.436 e. The number of aryl methyl sites for hydroxylation is 2. The highest BCUT2D eigenvalue weighted by atomic mass is 16.6. The van der Waals surface area contributed by atoms with Gasteiger partial charge in [-0.15, -0.1) is 0 Å². The second-order valence-electron chi connectivity index (χ2n) is 14.4. The largest absolute Gasteiger partial charge is 0.436 e. The van der Waals surface area contributed by atoms with Crippen molar-refractivity contribution in [1.29, 1.82) is 0 Å². The summed E-state index contributed by atoms with van der Waals surface area (Å²) in [5.74, 6) is -0.121. The van der Waals surface area contributed by atoms with Gasteiger partial charge in [-0.1, -0.05) is 24.3 Å². The number of aromatic nitrogens is 2. The number of hydrogen-bond donors (Lipinski definition) is 1. The molecule has 7 rings (SSSR count). The summed E-state index contributed by atoms with van der Waals surface area (Å²) >= 11 is 0. The van der Waals surface area contributed by atoms with E-state index in [9.17, 15) is 14.4 Å². The minimum atomic E-state index is -0.922. The minimum absolute atomic E-state index is 0.0339. The van der Waals surface area contributed by atoms with Crippen molar-refractivity contribution in [1.82, 2.24) is 34.3 Å². The molecule has 0 aliphatic carbocycles. The Morgan fingerprint density at radius 3 is 2.35 bits per heavy atom. The smallest absolute Gasteiger partial charge is 0.410 e. The summed E-state index contributed by atoms with van der Waals surface area (Å²) in [6.45, 7) is 9.23. The van der Waals surface area contributed by atoms with Gasteiger partial charge in [0, 0.05) is 102 Å². The molecular weight excluding hydrogens is 620 g/mol. The lowest BCUT2D eigenvalue weighted by atomic mass is 9.99. The molecule has 3 fully saturated rings. The van der Waals surface area contributed by atoms with Crippen molar-refractivity contribution in [2.24, 2.45) is 7.05 Å². The van der Waals surface area contributed by atoms with Crippen LogP contribution in [0.3, 0.4) is 0 Å². The highest BCUT2D eigenvalue weighted by Gasteiger charge is 2.36. The number of ether oxygens (including phenoxy) is 1. The average Bonchev–Trinajstić information content (AvgIpc) is 3.40. The van der Waals surface area contributed by atoms with E-state index >= 15 is 0 Å². The van der Waals surface area contributed by atoms with Crippen LogP contribution in [0.2, 0.25) is 0 Å². The van der Waals surface area contributed by atoms with Crippen molar-refractivity contribution in [2.75, 3.05) is 71.3 Å². The number of benzene rings is 2. The van der Waals surface area contributed by atoms with Gasteiger partial charge < -0.3 is 29.7 Å². The highest BCUT2D eigenvalue weighted by molar-refractivity contribution is 5.91. The molecule has 0 bridgehead atoms. The van der Waals surface area contributed by atoms with Gasteiger partial charge >= 0.3 is 12.1 Å². The number of hydrogen-bond acceptors (Lipinski definition) is 7. The predicted octanol–water partition coefficient (Wildman–Crippen LogP) is 3.72. The van der Waals surface area contributed by atoms with Crippen molar-refractivity contribution in [3.63, 3.8) is 0 Å². The fourth-order valence-corrected chi connectivity index (χ4v) is 8.15. The topological polar surface area (TPSA) is 106 Å². The molecule has 262 valence electrons. The van der Waals surface area contributed by atoms with Gasteiger partial charge in [-0.3, -0.25) is 14.4 Å². The SMILES string of the molecule is Cc1cc(CC(OC(=O)N2CCC(N3CCc4ccccc4NC3=O)CC2)C(=O)N2CCC(N3CCN(C)CC3)CC2)cc2cn(C)nc12. The number of rotatable bonds is 6.